The van der Waals surface area contributed by atoms with E-state index in [4.69, 9.17) is 0 Å². The van der Waals surface area contributed by atoms with Crippen molar-refractivity contribution in [2.75, 3.05) is 0 Å². The van der Waals surface area contributed by atoms with Gasteiger partial charge in [-0.1, -0.05) is 68.5 Å². The SMILES string of the molecule is CC(C)c1sc(-c2ccccc2)c(-c2ccc(F)cc2)c1/C=C/C(O)CC(O)CC(=O)[O-]. The predicted molar refractivity (Wildman–Crippen MR) is 125 cm³/mol. The number of carbonyl (C=O) groups excluding carboxylic acids is 1. The van der Waals surface area contributed by atoms with E-state index in [9.17, 15) is 24.5 Å². The van der Waals surface area contributed by atoms with Crippen LogP contribution in [-0.4, -0.2) is 28.4 Å². The monoisotopic (exact) mass is 453 g/mol. The molecule has 0 aliphatic rings. The van der Waals surface area contributed by atoms with E-state index in [-0.39, 0.29) is 18.2 Å². The Balaban J connectivity index is 2.08. The summed E-state index contributed by atoms with van der Waals surface area (Å²) in [5.74, 6) is -1.47. The van der Waals surface area contributed by atoms with Crippen LogP contribution in [0.15, 0.2) is 60.7 Å². The van der Waals surface area contributed by atoms with Gasteiger partial charge in [-0.3, -0.25) is 0 Å². The molecule has 0 spiro atoms. The molecule has 3 aromatic rings. The van der Waals surface area contributed by atoms with Crippen molar-refractivity contribution < 1.29 is 24.5 Å². The standard InChI is InChI=1S/C26H27FO4S/c1-16(2)25-22(13-12-20(28)14-21(29)15-23(30)31)24(17-8-10-19(27)11-9-17)26(32-25)18-6-4-3-5-7-18/h3-13,16,20-21,28-29H,14-15H2,1-2H3,(H,30,31)/p-1/b13-12+. The van der Waals surface area contributed by atoms with Crippen LogP contribution in [0.3, 0.4) is 0 Å². The lowest BCUT2D eigenvalue weighted by atomic mass is 9.94. The van der Waals surface area contributed by atoms with E-state index < -0.39 is 24.6 Å². The Kier molecular flexibility index (Phi) is 7.96. The average molecular weight is 454 g/mol. The van der Waals surface area contributed by atoms with Crippen LogP contribution in [0.2, 0.25) is 0 Å². The summed E-state index contributed by atoms with van der Waals surface area (Å²) in [6, 6.07) is 16.3. The Morgan fingerprint density at radius 2 is 1.72 bits per heavy atom. The number of aliphatic hydroxyl groups is 2. The molecule has 2 atom stereocenters. The van der Waals surface area contributed by atoms with Gasteiger partial charge in [0.2, 0.25) is 0 Å². The van der Waals surface area contributed by atoms with Crippen molar-refractivity contribution in [1.82, 2.24) is 0 Å². The first-order chi connectivity index (χ1) is 15.3. The molecule has 0 saturated carbocycles. The molecular weight excluding hydrogens is 427 g/mol. The molecule has 3 rings (SSSR count). The minimum absolute atomic E-state index is 0.108. The maximum atomic E-state index is 13.6. The molecule has 0 fully saturated rings. The van der Waals surface area contributed by atoms with Crippen molar-refractivity contribution in [3.8, 4) is 21.6 Å². The molecule has 0 aliphatic heterocycles. The Hall–Kier alpha value is -2.80. The van der Waals surface area contributed by atoms with Crippen LogP contribution in [-0.2, 0) is 4.79 Å². The summed E-state index contributed by atoms with van der Waals surface area (Å²) in [6.45, 7) is 4.18. The van der Waals surface area contributed by atoms with Crippen molar-refractivity contribution in [2.24, 2.45) is 0 Å². The van der Waals surface area contributed by atoms with E-state index in [1.165, 1.54) is 12.1 Å². The quantitative estimate of drug-likeness (QED) is 0.496. The van der Waals surface area contributed by atoms with Crippen molar-refractivity contribution in [3.63, 3.8) is 0 Å². The summed E-state index contributed by atoms with van der Waals surface area (Å²) in [7, 11) is 0. The largest absolute Gasteiger partial charge is 0.550 e. The summed E-state index contributed by atoms with van der Waals surface area (Å²) >= 11 is 1.66. The molecule has 2 N–H and O–H groups in total. The molecule has 2 unspecified atom stereocenters. The third kappa shape index (κ3) is 5.91. The Morgan fingerprint density at radius 3 is 2.31 bits per heavy atom. The van der Waals surface area contributed by atoms with Gasteiger partial charge in [-0.05, 0) is 34.7 Å². The first-order valence-electron chi connectivity index (χ1n) is 10.5. The molecular formula is C26H26FO4S-. The summed E-state index contributed by atoms with van der Waals surface area (Å²) in [6.07, 6.45) is 0.526. The predicted octanol–water partition coefficient (Wildman–Crippen LogP) is 4.61. The molecule has 168 valence electrons. The van der Waals surface area contributed by atoms with E-state index >= 15 is 0 Å². The van der Waals surface area contributed by atoms with Gasteiger partial charge < -0.3 is 20.1 Å². The van der Waals surface area contributed by atoms with Crippen LogP contribution in [0.5, 0.6) is 0 Å². The lowest BCUT2D eigenvalue weighted by Crippen LogP contribution is -2.29. The van der Waals surface area contributed by atoms with Gasteiger partial charge >= 0.3 is 0 Å². The lowest BCUT2D eigenvalue weighted by Gasteiger charge is -2.14. The highest BCUT2D eigenvalue weighted by Gasteiger charge is 2.21. The normalized spacial score (nSPS) is 13.6. The second-order valence-corrected chi connectivity index (χ2v) is 9.06. The summed E-state index contributed by atoms with van der Waals surface area (Å²) in [4.78, 5) is 12.8. The number of carboxylic acids is 1. The number of hydrogen-bond acceptors (Lipinski definition) is 5. The van der Waals surface area contributed by atoms with Gasteiger partial charge in [0.1, 0.15) is 5.82 Å². The second-order valence-electron chi connectivity index (χ2n) is 8.00. The molecule has 0 bridgehead atoms. The van der Waals surface area contributed by atoms with Crippen LogP contribution in [0.1, 0.15) is 43.0 Å². The average Bonchev–Trinajstić information content (AvgIpc) is 3.12. The van der Waals surface area contributed by atoms with E-state index in [2.05, 4.69) is 13.8 Å². The van der Waals surface area contributed by atoms with Crippen molar-refractivity contribution in [3.05, 3.63) is 76.9 Å². The van der Waals surface area contributed by atoms with Crippen LogP contribution in [0.4, 0.5) is 4.39 Å². The molecule has 4 nitrogen and oxygen atoms in total. The first-order valence-corrected chi connectivity index (χ1v) is 11.3. The van der Waals surface area contributed by atoms with Gasteiger partial charge in [-0.25, -0.2) is 4.39 Å². The van der Waals surface area contributed by atoms with Gasteiger partial charge in [0.25, 0.3) is 0 Å². The number of thiophene rings is 1. The number of rotatable bonds is 9. The van der Waals surface area contributed by atoms with Crippen LogP contribution < -0.4 is 5.11 Å². The Labute approximate surface area is 191 Å². The van der Waals surface area contributed by atoms with E-state index in [0.29, 0.717) is 0 Å². The number of carbonyl (C=O) groups is 1. The number of aliphatic hydroxyl groups excluding tert-OH is 2. The molecule has 0 aliphatic carbocycles. The first kappa shape index (κ1) is 23.9. The third-order valence-corrected chi connectivity index (χ3v) is 6.62. The van der Waals surface area contributed by atoms with E-state index in [1.807, 2.05) is 36.4 Å². The fourth-order valence-electron chi connectivity index (χ4n) is 3.59. The molecule has 2 aromatic carbocycles. The van der Waals surface area contributed by atoms with Gasteiger partial charge in [-0.2, -0.15) is 0 Å². The van der Waals surface area contributed by atoms with Crippen molar-refractivity contribution in [1.29, 1.82) is 0 Å². The lowest BCUT2D eigenvalue weighted by molar-refractivity contribution is -0.307. The highest BCUT2D eigenvalue weighted by Crippen LogP contribution is 2.46. The number of hydrogen-bond donors (Lipinski definition) is 2. The summed E-state index contributed by atoms with van der Waals surface area (Å²) in [5.41, 5.74) is 3.77. The number of benzene rings is 2. The minimum Gasteiger partial charge on any atom is -0.550 e. The number of halogens is 1. The molecule has 1 heterocycles. The van der Waals surface area contributed by atoms with Crippen LogP contribution in [0.25, 0.3) is 27.6 Å². The summed E-state index contributed by atoms with van der Waals surface area (Å²) < 4.78 is 13.6. The zero-order valence-corrected chi connectivity index (χ0v) is 18.8. The Morgan fingerprint density at radius 1 is 1.06 bits per heavy atom. The summed E-state index contributed by atoms with van der Waals surface area (Å²) in [5, 5.41) is 30.8. The number of carboxylic acid groups (broad SMARTS) is 1. The van der Waals surface area contributed by atoms with Gasteiger partial charge in [0.05, 0.1) is 12.2 Å². The molecule has 32 heavy (non-hydrogen) atoms. The smallest absolute Gasteiger partial charge is 0.123 e. The number of aliphatic carboxylic acids is 1. The second kappa shape index (κ2) is 10.7. The van der Waals surface area contributed by atoms with Crippen LogP contribution >= 0.6 is 11.3 Å². The zero-order valence-electron chi connectivity index (χ0n) is 18.0. The molecule has 0 radical (unpaired) electrons. The van der Waals surface area contributed by atoms with Gasteiger partial charge in [0.15, 0.2) is 0 Å². The maximum Gasteiger partial charge on any atom is 0.123 e. The van der Waals surface area contributed by atoms with Crippen molar-refractivity contribution >= 4 is 23.4 Å². The molecule has 0 amide bonds. The topological polar surface area (TPSA) is 80.6 Å². The van der Waals surface area contributed by atoms with Gasteiger partial charge in [-0.15, -0.1) is 11.3 Å². The Bertz CT molecular complexity index is 1070. The van der Waals surface area contributed by atoms with Gasteiger partial charge in [0, 0.05) is 34.1 Å². The van der Waals surface area contributed by atoms with E-state index in [0.717, 1.165) is 32.0 Å². The highest BCUT2D eigenvalue weighted by atomic mass is 32.1. The zero-order chi connectivity index (χ0) is 23.3. The fourth-order valence-corrected chi connectivity index (χ4v) is 4.91. The maximum absolute atomic E-state index is 13.6. The van der Waals surface area contributed by atoms with E-state index in [1.54, 1.807) is 29.5 Å². The van der Waals surface area contributed by atoms with Crippen LogP contribution in [0, 0.1) is 5.82 Å². The fraction of sp³-hybridized carbons (Fsp3) is 0.269. The molecule has 0 saturated heterocycles. The third-order valence-electron chi connectivity index (χ3n) is 5.07. The highest BCUT2D eigenvalue weighted by molar-refractivity contribution is 7.16. The molecule has 1 aromatic heterocycles. The minimum atomic E-state index is -1.36. The molecule has 6 heteroatoms. The van der Waals surface area contributed by atoms with Crippen molar-refractivity contribution in [2.45, 2.75) is 44.8 Å².